The van der Waals surface area contributed by atoms with E-state index >= 15 is 0 Å². The van der Waals surface area contributed by atoms with E-state index in [1.54, 1.807) is 77.0 Å². The van der Waals surface area contributed by atoms with E-state index in [0.29, 0.717) is 0 Å². The Morgan fingerprint density at radius 1 is 0.476 bits per heavy atom. The Morgan fingerprint density at radius 2 is 0.714 bits per heavy atom. The predicted molar refractivity (Wildman–Crippen MR) is 93.5 cm³/mol. The maximum absolute atomic E-state index is 2.87. The van der Waals surface area contributed by atoms with Gasteiger partial charge in [-0.3, -0.25) is 0 Å². The number of rotatable bonds is 3. The fourth-order valence-corrected chi connectivity index (χ4v) is 12.0. The summed E-state index contributed by atoms with van der Waals surface area (Å²) in [4.78, 5) is 0. The summed E-state index contributed by atoms with van der Waals surface area (Å²) in [5.74, 6) is 0. The number of hydrogen-bond acceptors (Lipinski definition) is 0. The molecule has 3 rings (SSSR count). The summed E-state index contributed by atoms with van der Waals surface area (Å²) in [7, 11) is -0.696. The van der Waals surface area contributed by atoms with E-state index in [2.05, 4.69) is 6.66 Å². The van der Waals surface area contributed by atoms with Gasteiger partial charge in [-0.15, -0.1) is 0 Å². The molecule has 3 aliphatic rings. The van der Waals surface area contributed by atoms with E-state index in [-0.39, 0.29) is 20.4 Å². The molecule has 0 aromatic rings. The summed E-state index contributed by atoms with van der Waals surface area (Å²) in [6, 6.07) is 0. The minimum Gasteiger partial charge on any atom is -0.0530 e. The second-order valence-electron chi connectivity index (χ2n) is 8.10. The molecule has 0 aromatic carbocycles. The van der Waals surface area contributed by atoms with E-state index in [0.717, 1.165) is 0 Å². The van der Waals surface area contributed by atoms with Crippen LogP contribution in [0.3, 0.4) is 0 Å². The zero-order chi connectivity index (χ0) is 13.8. The zero-order valence-corrected chi connectivity index (χ0v) is 16.6. The summed E-state index contributed by atoms with van der Waals surface area (Å²) in [6.07, 6.45) is 23.6. The molecule has 0 saturated heterocycles. The molecule has 0 unspecified atom stereocenters. The molecule has 0 atom stereocenters. The minimum atomic E-state index is -0.696. The quantitative estimate of drug-likeness (QED) is 0.368. The largest absolute Gasteiger partial charge is 0.0700 e. The molecular formula is C19H36PPd+. The van der Waals surface area contributed by atoms with Gasteiger partial charge in [0.05, 0.1) is 17.0 Å². The summed E-state index contributed by atoms with van der Waals surface area (Å²) in [5, 5.41) is 0. The minimum absolute atomic E-state index is 0. The molecule has 0 nitrogen and oxygen atoms in total. The fraction of sp³-hybridized carbons (Fsp3) is 1.00. The molecule has 21 heavy (non-hydrogen) atoms. The van der Waals surface area contributed by atoms with E-state index in [9.17, 15) is 0 Å². The zero-order valence-electron chi connectivity index (χ0n) is 14.1. The predicted octanol–water partition coefficient (Wildman–Crippen LogP) is 6.63. The van der Waals surface area contributed by atoms with Crippen molar-refractivity contribution in [2.45, 2.75) is 113 Å². The van der Waals surface area contributed by atoms with Crippen LogP contribution in [0.4, 0.5) is 0 Å². The first-order valence-corrected chi connectivity index (χ1v) is 12.1. The molecule has 0 radical (unpaired) electrons. The van der Waals surface area contributed by atoms with Crippen molar-refractivity contribution in [2.24, 2.45) is 0 Å². The van der Waals surface area contributed by atoms with Gasteiger partial charge in [-0.2, -0.15) is 0 Å². The topological polar surface area (TPSA) is 0 Å². The Balaban J connectivity index is 0.00000161. The molecular weight excluding hydrogens is 366 g/mol. The third-order valence-electron chi connectivity index (χ3n) is 7.08. The Labute approximate surface area is 147 Å². The fourth-order valence-electron chi connectivity index (χ4n) is 5.81. The van der Waals surface area contributed by atoms with Crippen LogP contribution in [-0.2, 0) is 20.4 Å². The first kappa shape index (κ1) is 18.4. The van der Waals surface area contributed by atoms with Crippen LogP contribution >= 0.6 is 7.26 Å². The summed E-state index contributed by atoms with van der Waals surface area (Å²) >= 11 is 0. The van der Waals surface area contributed by atoms with Crippen molar-refractivity contribution in [3.8, 4) is 0 Å². The summed E-state index contributed by atoms with van der Waals surface area (Å²) in [6.45, 7) is 2.87. The molecule has 0 bridgehead atoms. The SMILES string of the molecule is C[P+](C1CCCCC1)(C1CCCCC1)C1CCCCC1.[Pd]. The van der Waals surface area contributed by atoms with Crippen molar-refractivity contribution < 1.29 is 20.4 Å². The van der Waals surface area contributed by atoms with Gasteiger partial charge in [0.15, 0.2) is 0 Å². The average molecular weight is 402 g/mol. The van der Waals surface area contributed by atoms with Crippen molar-refractivity contribution >= 4 is 7.26 Å². The van der Waals surface area contributed by atoms with Crippen LogP contribution in [0.15, 0.2) is 0 Å². The smallest absolute Gasteiger partial charge is 0.0530 e. The van der Waals surface area contributed by atoms with Crippen LogP contribution in [0.5, 0.6) is 0 Å². The molecule has 0 N–H and O–H groups in total. The van der Waals surface area contributed by atoms with Crippen molar-refractivity contribution in [1.29, 1.82) is 0 Å². The molecule has 3 saturated carbocycles. The third-order valence-corrected chi connectivity index (χ3v) is 13.4. The molecule has 126 valence electrons. The van der Waals surface area contributed by atoms with Gasteiger partial charge in [-0.05, 0) is 77.0 Å². The maximum Gasteiger partial charge on any atom is 0.0700 e. The van der Waals surface area contributed by atoms with Crippen molar-refractivity contribution in [1.82, 2.24) is 0 Å². The monoisotopic (exact) mass is 401 g/mol. The Morgan fingerprint density at radius 3 is 0.952 bits per heavy atom. The maximum atomic E-state index is 2.87. The van der Waals surface area contributed by atoms with Gasteiger partial charge in [0.1, 0.15) is 0 Å². The normalized spacial score (nSPS) is 27.3. The molecule has 0 amide bonds. The van der Waals surface area contributed by atoms with Crippen LogP contribution in [-0.4, -0.2) is 23.6 Å². The molecule has 0 aliphatic heterocycles. The van der Waals surface area contributed by atoms with Gasteiger partial charge in [-0.25, -0.2) is 0 Å². The van der Waals surface area contributed by atoms with Gasteiger partial charge < -0.3 is 0 Å². The van der Waals surface area contributed by atoms with Gasteiger partial charge in [0.2, 0.25) is 0 Å². The van der Waals surface area contributed by atoms with E-state index < -0.39 is 7.26 Å². The van der Waals surface area contributed by atoms with Crippen LogP contribution in [0, 0.1) is 0 Å². The van der Waals surface area contributed by atoms with Gasteiger partial charge in [0, 0.05) is 34.4 Å². The average Bonchev–Trinajstić information content (AvgIpc) is 2.56. The second kappa shape index (κ2) is 8.81. The van der Waals surface area contributed by atoms with Gasteiger partial charge in [0.25, 0.3) is 0 Å². The Hall–Kier alpha value is 1.09. The second-order valence-corrected chi connectivity index (χ2v) is 12.7. The molecule has 3 fully saturated rings. The van der Waals surface area contributed by atoms with Crippen LogP contribution in [0.25, 0.3) is 0 Å². The van der Waals surface area contributed by atoms with Crippen LogP contribution in [0.1, 0.15) is 96.3 Å². The Kier molecular flexibility index (Phi) is 7.73. The van der Waals surface area contributed by atoms with E-state index in [4.69, 9.17) is 0 Å². The van der Waals surface area contributed by atoms with Gasteiger partial charge >= 0.3 is 0 Å². The van der Waals surface area contributed by atoms with Crippen molar-refractivity contribution in [2.75, 3.05) is 6.66 Å². The molecule has 0 spiro atoms. The van der Waals surface area contributed by atoms with Crippen LogP contribution in [0.2, 0.25) is 0 Å². The van der Waals surface area contributed by atoms with Crippen molar-refractivity contribution in [3.05, 3.63) is 0 Å². The standard InChI is InChI=1S/C19H36P.Pd/c1-20(17-11-5-2-6-12-17,18-13-7-3-8-14-18)19-15-9-4-10-16-19;/h17-19H,2-16H2,1H3;/q+1;. The molecule has 0 aromatic heterocycles. The summed E-state index contributed by atoms with van der Waals surface area (Å²) in [5.41, 5.74) is 3.55. The van der Waals surface area contributed by atoms with Gasteiger partial charge in [-0.1, -0.05) is 19.3 Å². The summed E-state index contributed by atoms with van der Waals surface area (Å²) < 4.78 is 0. The van der Waals surface area contributed by atoms with E-state index in [1.165, 1.54) is 36.2 Å². The van der Waals surface area contributed by atoms with Crippen molar-refractivity contribution in [3.63, 3.8) is 0 Å². The van der Waals surface area contributed by atoms with Crippen LogP contribution < -0.4 is 0 Å². The molecule has 0 heterocycles. The molecule has 3 aliphatic carbocycles. The van der Waals surface area contributed by atoms with E-state index in [1.807, 2.05) is 0 Å². The Bertz CT molecular complexity index is 240. The first-order chi connectivity index (χ1) is 9.82. The first-order valence-electron chi connectivity index (χ1n) is 9.67. The third kappa shape index (κ3) is 4.14. The molecule has 2 heteroatoms. The number of hydrogen-bond donors (Lipinski definition) is 0.